The second-order valence-corrected chi connectivity index (χ2v) is 11.7. The summed E-state index contributed by atoms with van der Waals surface area (Å²) in [5.41, 5.74) is 4.98. The minimum atomic E-state index is -4.76. The lowest BCUT2D eigenvalue weighted by Crippen LogP contribution is -2.39. The van der Waals surface area contributed by atoms with Crippen LogP contribution in [0.4, 0.5) is 18.9 Å². The van der Waals surface area contributed by atoms with E-state index in [1.807, 2.05) is 13.8 Å². The number of carbonyl (C=O) groups is 2. The highest BCUT2D eigenvalue weighted by Gasteiger charge is 2.45. The van der Waals surface area contributed by atoms with Gasteiger partial charge in [-0.05, 0) is 75.6 Å². The van der Waals surface area contributed by atoms with Crippen LogP contribution in [0.25, 0.3) is 5.69 Å². The third-order valence-electron chi connectivity index (χ3n) is 8.08. The summed E-state index contributed by atoms with van der Waals surface area (Å²) >= 11 is 0. The first kappa shape index (κ1) is 25.8. The number of Topliss-reactive ketones (excluding diaryl/α,β-unsaturated/α-hetero) is 1. The first-order valence-electron chi connectivity index (χ1n) is 13.0. The zero-order valence-corrected chi connectivity index (χ0v) is 21.5. The van der Waals surface area contributed by atoms with Gasteiger partial charge in [0.15, 0.2) is 11.5 Å². The quantitative estimate of drug-likeness (QED) is 0.565. The standard InChI is InChI=1S/C27H34F3N5O2/c1-26(2)13-21-23(22(36)14-26)24(27(28,29)30)33-35(21)18-10-11-19(25(31)37)20(12-18)32-15-4-6-16(7-5-15)34(3)17-8-9-17/h10-12,15-17,32H,4-9,13-14H2,1-3H3,(H2,31,37). The molecule has 0 saturated heterocycles. The molecule has 2 aromatic rings. The number of ketones is 1. The van der Waals surface area contributed by atoms with Crippen molar-refractivity contribution in [2.75, 3.05) is 12.4 Å². The number of halogens is 3. The van der Waals surface area contributed by atoms with Crippen molar-refractivity contribution in [2.45, 2.75) is 89.5 Å². The number of nitrogens with zero attached hydrogens (tertiary/aromatic N) is 3. The Morgan fingerprint density at radius 1 is 1.11 bits per heavy atom. The van der Waals surface area contributed by atoms with E-state index in [9.17, 15) is 22.8 Å². The van der Waals surface area contributed by atoms with E-state index in [1.165, 1.54) is 29.7 Å². The molecule has 0 radical (unpaired) electrons. The highest BCUT2D eigenvalue weighted by atomic mass is 19.4. The highest BCUT2D eigenvalue weighted by molar-refractivity contribution is 6.00. The van der Waals surface area contributed by atoms with Crippen LogP contribution in [-0.4, -0.2) is 51.5 Å². The topological polar surface area (TPSA) is 93.2 Å². The lowest BCUT2D eigenvalue weighted by Gasteiger charge is -2.35. The molecule has 3 N–H and O–H groups in total. The van der Waals surface area contributed by atoms with Gasteiger partial charge in [-0.1, -0.05) is 13.8 Å². The largest absolute Gasteiger partial charge is 0.435 e. The predicted molar refractivity (Wildman–Crippen MR) is 134 cm³/mol. The number of carbonyl (C=O) groups excluding carboxylic acids is 2. The van der Waals surface area contributed by atoms with Gasteiger partial charge in [0.1, 0.15) is 0 Å². The van der Waals surface area contributed by atoms with Gasteiger partial charge in [0.25, 0.3) is 5.91 Å². The fourth-order valence-corrected chi connectivity index (χ4v) is 5.99. The number of benzene rings is 1. The molecule has 0 atom stereocenters. The van der Waals surface area contributed by atoms with E-state index in [0.717, 1.165) is 25.7 Å². The van der Waals surface area contributed by atoms with Gasteiger partial charge in [0, 0.05) is 30.2 Å². The summed E-state index contributed by atoms with van der Waals surface area (Å²) in [6.45, 7) is 3.72. The zero-order valence-electron chi connectivity index (χ0n) is 21.5. The Morgan fingerprint density at radius 3 is 2.30 bits per heavy atom. The van der Waals surface area contributed by atoms with Crippen LogP contribution in [0.5, 0.6) is 0 Å². The molecule has 7 nitrogen and oxygen atoms in total. The van der Waals surface area contributed by atoms with E-state index in [1.54, 1.807) is 6.07 Å². The summed E-state index contributed by atoms with van der Waals surface area (Å²) in [7, 11) is 2.19. The maximum atomic E-state index is 13.9. The van der Waals surface area contributed by atoms with Crippen LogP contribution in [0.3, 0.4) is 0 Å². The molecule has 200 valence electrons. The molecule has 0 unspecified atom stereocenters. The van der Waals surface area contributed by atoms with E-state index in [-0.39, 0.29) is 35.7 Å². The molecule has 37 heavy (non-hydrogen) atoms. The third-order valence-corrected chi connectivity index (χ3v) is 8.08. The van der Waals surface area contributed by atoms with Crippen molar-refractivity contribution in [3.63, 3.8) is 0 Å². The zero-order chi connectivity index (χ0) is 26.7. The molecule has 5 rings (SSSR count). The third kappa shape index (κ3) is 5.12. The number of nitrogens with one attached hydrogen (secondary N) is 1. The van der Waals surface area contributed by atoms with Crippen molar-refractivity contribution in [1.82, 2.24) is 14.7 Å². The second kappa shape index (κ2) is 9.15. The van der Waals surface area contributed by atoms with Crippen molar-refractivity contribution in [2.24, 2.45) is 11.1 Å². The van der Waals surface area contributed by atoms with Gasteiger partial charge in [-0.25, -0.2) is 4.68 Å². The van der Waals surface area contributed by atoms with E-state index < -0.39 is 29.0 Å². The molecule has 10 heteroatoms. The maximum Gasteiger partial charge on any atom is 0.435 e. The number of primary amides is 1. The molecule has 0 bridgehead atoms. The number of alkyl halides is 3. The van der Waals surface area contributed by atoms with Crippen LogP contribution in [0, 0.1) is 5.41 Å². The van der Waals surface area contributed by atoms with Gasteiger partial charge in [-0.15, -0.1) is 0 Å². The molecule has 0 aliphatic heterocycles. The van der Waals surface area contributed by atoms with Crippen LogP contribution in [0.1, 0.15) is 90.9 Å². The Hall–Kier alpha value is -2.88. The molecule has 2 saturated carbocycles. The smallest absolute Gasteiger partial charge is 0.382 e. The Bertz CT molecular complexity index is 1220. The van der Waals surface area contributed by atoms with Crippen molar-refractivity contribution >= 4 is 17.4 Å². The van der Waals surface area contributed by atoms with Gasteiger partial charge in [0.05, 0.1) is 22.5 Å². The molecule has 1 heterocycles. The number of fused-ring (bicyclic) bond motifs is 1. The first-order valence-corrected chi connectivity index (χ1v) is 13.0. The van der Waals surface area contributed by atoms with Crippen molar-refractivity contribution in [3.8, 4) is 5.69 Å². The molecule has 1 amide bonds. The fourth-order valence-electron chi connectivity index (χ4n) is 5.99. The van der Waals surface area contributed by atoms with Crippen molar-refractivity contribution < 1.29 is 22.8 Å². The van der Waals surface area contributed by atoms with Gasteiger partial charge < -0.3 is 16.0 Å². The monoisotopic (exact) mass is 517 g/mol. The van der Waals surface area contributed by atoms with Gasteiger partial charge in [0.2, 0.25) is 0 Å². The number of hydrogen-bond acceptors (Lipinski definition) is 5. The second-order valence-electron chi connectivity index (χ2n) is 11.7. The van der Waals surface area contributed by atoms with Crippen LogP contribution < -0.4 is 11.1 Å². The van der Waals surface area contributed by atoms with Crippen LogP contribution in [0.15, 0.2) is 18.2 Å². The molecule has 3 aliphatic rings. The summed E-state index contributed by atoms with van der Waals surface area (Å²) in [6.07, 6.45) is 1.98. The lowest BCUT2D eigenvalue weighted by molar-refractivity contribution is -0.141. The Kier molecular flexibility index (Phi) is 6.37. The molecule has 2 fully saturated rings. The SMILES string of the molecule is CN(C1CCC(Nc2cc(-n3nc(C(F)(F)F)c4c3CC(C)(C)CC4=O)ccc2C(N)=O)CC1)C1CC1. The van der Waals surface area contributed by atoms with Gasteiger partial charge >= 0.3 is 6.18 Å². The lowest BCUT2D eigenvalue weighted by atomic mass is 9.75. The number of nitrogens with two attached hydrogens (primary N) is 1. The first-order chi connectivity index (χ1) is 17.3. The minimum Gasteiger partial charge on any atom is -0.382 e. The Labute approximate surface area is 214 Å². The molecule has 1 aromatic carbocycles. The summed E-state index contributed by atoms with van der Waals surface area (Å²) in [5.74, 6) is -1.17. The van der Waals surface area contributed by atoms with Crippen molar-refractivity contribution in [1.29, 1.82) is 0 Å². The maximum absolute atomic E-state index is 13.9. The van der Waals surface area contributed by atoms with Crippen LogP contribution in [0.2, 0.25) is 0 Å². The number of hydrogen-bond donors (Lipinski definition) is 2. The highest BCUT2D eigenvalue weighted by Crippen LogP contribution is 2.42. The van der Waals surface area contributed by atoms with Crippen molar-refractivity contribution in [3.05, 3.63) is 40.7 Å². The number of anilines is 1. The average molecular weight is 518 g/mol. The van der Waals surface area contributed by atoms with Gasteiger partial charge in [-0.2, -0.15) is 18.3 Å². The predicted octanol–water partition coefficient (Wildman–Crippen LogP) is 4.96. The summed E-state index contributed by atoms with van der Waals surface area (Å²) in [6, 6.07) is 6.05. The molecule has 1 aromatic heterocycles. The summed E-state index contributed by atoms with van der Waals surface area (Å²) in [4.78, 5) is 27.4. The normalized spacial score (nSPS) is 23.7. The van der Waals surface area contributed by atoms with E-state index in [0.29, 0.717) is 23.5 Å². The van der Waals surface area contributed by atoms with Crippen LogP contribution >= 0.6 is 0 Å². The Morgan fingerprint density at radius 2 is 1.73 bits per heavy atom. The number of amides is 1. The fraction of sp³-hybridized carbons (Fsp3) is 0.593. The minimum absolute atomic E-state index is 0.0286. The Balaban J connectivity index is 1.47. The molecular formula is C27H34F3N5O2. The van der Waals surface area contributed by atoms with E-state index in [4.69, 9.17) is 5.73 Å². The van der Waals surface area contributed by atoms with Crippen LogP contribution in [-0.2, 0) is 12.6 Å². The number of rotatable bonds is 6. The van der Waals surface area contributed by atoms with E-state index in [2.05, 4.69) is 22.4 Å². The molecule has 0 spiro atoms. The van der Waals surface area contributed by atoms with Gasteiger partial charge in [-0.3, -0.25) is 9.59 Å². The molecular weight excluding hydrogens is 483 g/mol. The number of aromatic nitrogens is 2. The van der Waals surface area contributed by atoms with E-state index >= 15 is 0 Å². The average Bonchev–Trinajstić information content (AvgIpc) is 3.58. The molecule has 3 aliphatic carbocycles. The summed E-state index contributed by atoms with van der Waals surface area (Å²) in [5, 5.41) is 7.32. The summed E-state index contributed by atoms with van der Waals surface area (Å²) < 4.78 is 42.8.